The predicted molar refractivity (Wildman–Crippen MR) is 87.5 cm³/mol. The van der Waals surface area contributed by atoms with Crippen molar-refractivity contribution in [1.29, 1.82) is 0 Å². The Bertz CT molecular complexity index is 497. The van der Waals surface area contributed by atoms with Crippen LogP contribution in [-0.2, 0) is 16.4 Å². The smallest absolute Gasteiger partial charge is 0.148 e. The summed E-state index contributed by atoms with van der Waals surface area (Å²) in [4.78, 5) is 0. The van der Waals surface area contributed by atoms with E-state index in [1.165, 1.54) is 19.1 Å². The maximum Gasteiger partial charge on any atom is 0.148 e. The van der Waals surface area contributed by atoms with Crippen molar-refractivity contribution in [2.75, 3.05) is 18.6 Å². The summed E-state index contributed by atoms with van der Waals surface area (Å²) in [6, 6.07) is 7.89. The zero-order chi connectivity index (χ0) is 15.7. The van der Waals surface area contributed by atoms with Crippen LogP contribution in [0.25, 0.3) is 0 Å². The first-order chi connectivity index (χ1) is 9.90. The van der Waals surface area contributed by atoms with Gasteiger partial charge >= 0.3 is 0 Å². The number of sulfone groups is 1. The highest BCUT2D eigenvalue weighted by Gasteiger charge is 2.09. The van der Waals surface area contributed by atoms with Gasteiger partial charge in [0, 0.05) is 18.8 Å². The Morgan fingerprint density at radius 2 is 1.86 bits per heavy atom. The Hall–Kier alpha value is -1.07. The molecule has 0 fully saturated rings. The molecule has 0 aliphatic heterocycles. The van der Waals surface area contributed by atoms with Gasteiger partial charge in [-0.2, -0.15) is 0 Å². The quantitative estimate of drug-likeness (QED) is 0.675. The molecule has 0 aliphatic carbocycles. The Labute approximate surface area is 128 Å². The normalized spacial score (nSPS) is 13.1. The third-order valence-electron chi connectivity index (χ3n) is 3.15. The van der Waals surface area contributed by atoms with Gasteiger partial charge in [-0.05, 0) is 31.0 Å². The van der Waals surface area contributed by atoms with Gasteiger partial charge in [-0.25, -0.2) is 8.42 Å². The van der Waals surface area contributed by atoms with Crippen molar-refractivity contribution < 1.29 is 13.2 Å². The average molecular weight is 313 g/mol. The van der Waals surface area contributed by atoms with E-state index in [1.807, 2.05) is 31.2 Å². The lowest BCUT2D eigenvalue weighted by atomic mass is 10.2. The summed E-state index contributed by atoms with van der Waals surface area (Å²) >= 11 is 0. The first-order valence-corrected chi connectivity index (χ1v) is 9.59. The van der Waals surface area contributed by atoms with E-state index in [2.05, 4.69) is 12.2 Å². The molecule has 0 saturated carbocycles. The molecular formula is C16H27NO3S. The van der Waals surface area contributed by atoms with Gasteiger partial charge in [0.15, 0.2) is 0 Å². The second-order valence-corrected chi connectivity index (χ2v) is 7.76. The summed E-state index contributed by atoms with van der Waals surface area (Å²) < 4.78 is 28.0. The number of unbranched alkanes of at least 4 members (excludes halogenated alkanes) is 2. The van der Waals surface area contributed by atoms with Gasteiger partial charge in [-0.3, -0.25) is 0 Å². The van der Waals surface area contributed by atoms with Crippen LogP contribution in [0.3, 0.4) is 0 Å². The van der Waals surface area contributed by atoms with Crippen LogP contribution < -0.4 is 10.1 Å². The number of rotatable bonds is 10. The predicted octanol–water partition coefficient (Wildman–Crippen LogP) is 2.78. The maximum absolute atomic E-state index is 11.2. The van der Waals surface area contributed by atoms with Crippen LogP contribution in [0.4, 0.5) is 0 Å². The molecule has 0 aliphatic rings. The SMILES string of the molecule is CCCCCOc1ccc(CNC(C)CS(C)(=O)=O)cc1. The lowest BCUT2D eigenvalue weighted by molar-refractivity contribution is 0.306. The molecule has 21 heavy (non-hydrogen) atoms. The van der Waals surface area contributed by atoms with Crippen LogP contribution in [0, 0.1) is 0 Å². The van der Waals surface area contributed by atoms with Crippen LogP contribution in [0.5, 0.6) is 5.75 Å². The fourth-order valence-corrected chi connectivity index (χ4v) is 3.08. The molecule has 0 amide bonds. The van der Waals surface area contributed by atoms with Crippen LogP contribution in [0.1, 0.15) is 38.7 Å². The van der Waals surface area contributed by atoms with Gasteiger partial charge < -0.3 is 10.1 Å². The fourth-order valence-electron chi connectivity index (χ4n) is 2.05. The van der Waals surface area contributed by atoms with Crippen molar-refractivity contribution in [2.24, 2.45) is 0 Å². The fraction of sp³-hybridized carbons (Fsp3) is 0.625. The minimum atomic E-state index is -2.93. The second-order valence-electron chi connectivity index (χ2n) is 5.57. The zero-order valence-corrected chi connectivity index (χ0v) is 14.1. The minimum Gasteiger partial charge on any atom is -0.494 e. The topological polar surface area (TPSA) is 55.4 Å². The molecule has 1 atom stereocenters. The van der Waals surface area contributed by atoms with Gasteiger partial charge in [0.25, 0.3) is 0 Å². The Kier molecular flexibility index (Phi) is 7.75. The van der Waals surface area contributed by atoms with Crippen LogP contribution in [-0.4, -0.2) is 33.1 Å². The first-order valence-electron chi connectivity index (χ1n) is 7.53. The van der Waals surface area contributed by atoms with E-state index in [4.69, 9.17) is 4.74 Å². The summed E-state index contributed by atoms with van der Waals surface area (Å²) in [6.07, 6.45) is 4.73. The molecule has 0 spiro atoms. The van der Waals surface area contributed by atoms with Gasteiger partial charge in [-0.15, -0.1) is 0 Å². The van der Waals surface area contributed by atoms with E-state index >= 15 is 0 Å². The van der Waals surface area contributed by atoms with E-state index < -0.39 is 9.84 Å². The van der Waals surface area contributed by atoms with E-state index in [0.29, 0.717) is 6.54 Å². The van der Waals surface area contributed by atoms with Gasteiger partial charge in [0.1, 0.15) is 15.6 Å². The van der Waals surface area contributed by atoms with Gasteiger partial charge in [0.2, 0.25) is 0 Å². The van der Waals surface area contributed by atoms with Crippen molar-refractivity contribution in [1.82, 2.24) is 5.32 Å². The molecular weight excluding hydrogens is 286 g/mol. The van der Waals surface area contributed by atoms with E-state index in [0.717, 1.165) is 24.3 Å². The number of ether oxygens (including phenoxy) is 1. The van der Waals surface area contributed by atoms with Gasteiger partial charge in [0.05, 0.1) is 12.4 Å². The third kappa shape index (κ3) is 8.73. The highest BCUT2D eigenvalue weighted by Crippen LogP contribution is 2.13. The van der Waals surface area contributed by atoms with Crippen molar-refractivity contribution in [3.05, 3.63) is 29.8 Å². The lowest BCUT2D eigenvalue weighted by Gasteiger charge is -2.13. The van der Waals surface area contributed by atoms with E-state index in [1.54, 1.807) is 0 Å². The van der Waals surface area contributed by atoms with Gasteiger partial charge in [-0.1, -0.05) is 31.9 Å². The Morgan fingerprint density at radius 1 is 1.19 bits per heavy atom. The average Bonchev–Trinajstić information content (AvgIpc) is 2.41. The molecule has 1 rings (SSSR count). The molecule has 0 bridgehead atoms. The summed E-state index contributed by atoms with van der Waals surface area (Å²) in [6.45, 7) is 5.47. The molecule has 0 saturated heterocycles. The maximum atomic E-state index is 11.2. The Morgan fingerprint density at radius 3 is 2.43 bits per heavy atom. The van der Waals surface area contributed by atoms with Crippen molar-refractivity contribution in [3.8, 4) is 5.75 Å². The van der Waals surface area contributed by atoms with Crippen LogP contribution in [0.15, 0.2) is 24.3 Å². The van der Waals surface area contributed by atoms with Crippen LogP contribution in [0.2, 0.25) is 0 Å². The number of nitrogens with one attached hydrogen (secondary N) is 1. The number of hydrogen-bond acceptors (Lipinski definition) is 4. The standard InChI is InChI=1S/C16H27NO3S/c1-4-5-6-11-20-16-9-7-15(8-10-16)12-17-14(2)13-21(3,18)19/h7-10,14,17H,4-6,11-13H2,1-3H3. The second kappa shape index (κ2) is 9.05. The summed E-state index contributed by atoms with van der Waals surface area (Å²) in [5.41, 5.74) is 1.12. The van der Waals surface area contributed by atoms with E-state index in [9.17, 15) is 8.42 Å². The monoisotopic (exact) mass is 313 g/mol. The third-order valence-corrected chi connectivity index (χ3v) is 4.25. The first kappa shape index (κ1) is 18.0. The lowest BCUT2D eigenvalue weighted by Crippen LogP contribution is -2.32. The zero-order valence-electron chi connectivity index (χ0n) is 13.3. The molecule has 1 N–H and O–H groups in total. The summed E-state index contributed by atoms with van der Waals surface area (Å²) in [5.74, 6) is 1.05. The molecule has 4 nitrogen and oxygen atoms in total. The molecule has 0 heterocycles. The van der Waals surface area contributed by atoms with E-state index in [-0.39, 0.29) is 11.8 Å². The van der Waals surface area contributed by atoms with Crippen molar-refractivity contribution in [3.63, 3.8) is 0 Å². The summed E-state index contributed by atoms with van der Waals surface area (Å²) in [7, 11) is -2.93. The Balaban J connectivity index is 2.34. The largest absolute Gasteiger partial charge is 0.494 e. The molecule has 0 aromatic heterocycles. The van der Waals surface area contributed by atoms with Crippen molar-refractivity contribution >= 4 is 9.84 Å². The molecule has 1 aromatic rings. The molecule has 0 radical (unpaired) electrons. The highest BCUT2D eigenvalue weighted by atomic mass is 32.2. The highest BCUT2D eigenvalue weighted by molar-refractivity contribution is 7.90. The molecule has 120 valence electrons. The summed E-state index contributed by atoms with van der Waals surface area (Å²) in [5, 5.41) is 3.21. The number of benzene rings is 1. The molecule has 1 unspecified atom stereocenters. The van der Waals surface area contributed by atoms with Crippen LogP contribution >= 0.6 is 0 Å². The van der Waals surface area contributed by atoms with Crippen molar-refractivity contribution in [2.45, 2.75) is 45.7 Å². The minimum absolute atomic E-state index is 0.0510. The number of hydrogen-bond donors (Lipinski definition) is 1. The molecule has 1 aromatic carbocycles. The molecule has 5 heteroatoms.